The molecule has 4 rings (SSSR count). The lowest BCUT2D eigenvalue weighted by Gasteiger charge is -2.16. The van der Waals surface area contributed by atoms with Crippen molar-refractivity contribution in [1.82, 2.24) is 5.32 Å². The first-order chi connectivity index (χ1) is 15.3. The van der Waals surface area contributed by atoms with E-state index in [2.05, 4.69) is 5.32 Å². The molecule has 0 radical (unpaired) electrons. The number of sulfonamides is 1. The van der Waals surface area contributed by atoms with Gasteiger partial charge in [0, 0.05) is 22.5 Å². The third-order valence-corrected chi connectivity index (χ3v) is 6.97. The molecule has 2 aromatic carbocycles. The first-order valence-corrected chi connectivity index (χ1v) is 12.1. The van der Waals surface area contributed by atoms with Crippen molar-refractivity contribution in [2.75, 3.05) is 13.2 Å². The van der Waals surface area contributed by atoms with Crippen LogP contribution in [0.5, 0.6) is 5.75 Å². The molecule has 0 aliphatic carbocycles. The van der Waals surface area contributed by atoms with Crippen molar-refractivity contribution >= 4 is 33.2 Å². The number of rotatable bonds is 7. The van der Waals surface area contributed by atoms with E-state index in [-0.39, 0.29) is 4.90 Å². The summed E-state index contributed by atoms with van der Waals surface area (Å²) in [6, 6.07) is 15.5. The van der Waals surface area contributed by atoms with E-state index in [1.54, 1.807) is 18.2 Å². The van der Waals surface area contributed by atoms with Crippen molar-refractivity contribution in [3.8, 4) is 16.2 Å². The number of ether oxygens (including phenoxy) is 2. The summed E-state index contributed by atoms with van der Waals surface area (Å²) in [5.74, 6) is -0.203. The number of thiophene rings is 1. The Morgan fingerprint density at radius 1 is 1.12 bits per heavy atom. The maximum absolute atomic E-state index is 12.4. The van der Waals surface area contributed by atoms with E-state index < -0.39 is 28.5 Å². The molecule has 2 heterocycles. The Kier molecular flexibility index (Phi) is 6.26. The quantitative estimate of drug-likeness (QED) is 0.509. The van der Waals surface area contributed by atoms with E-state index in [9.17, 15) is 18.0 Å². The Bertz CT molecular complexity index is 1270. The summed E-state index contributed by atoms with van der Waals surface area (Å²) < 4.78 is 33.4. The zero-order valence-electron chi connectivity index (χ0n) is 16.9. The molecule has 0 fully saturated rings. The highest BCUT2D eigenvalue weighted by atomic mass is 32.2. The van der Waals surface area contributed by atoms with Crippen LogP contribution in [0.25, 0.3) is 10.4 Å². The number of fused-ring (bicyclic) bond motifs is 3. The average molecular weight is 473 g/mol. The number of nitrogens with two attached hydrogens (primary N) is 1. The molecular formula is C22H20N2O6S2. The third-order valence-electron chi connectivity index (χ3n) is 4.85. The second kappa shape index (κ2) is 9.11. The molecule has 0 bridgehead atoms. The summed E-state index contributed by atoms with van der Waals surface area (Å²) in [7, 11) is -3.73. The predicted molar refractivity (Wildman–Crippen MR) is 119 cm³/mol. The molecule has 1 aromatic heterocycles. The van der Waals surface area contributed by atoms with Crippen molar-refractivity contribution in [1.29, 1.82) is 0 Å². The van der Waals surface area contributed by atoms with Gasteiger partial charge in [-0.25, -0.2) is 18.4 Å². The van der Waals surface area contributed by atoms with Crippen molar-refractivity contribution in [2.24, 2.45) is 5.14 Å². The van der Waals surface area contributed by atoms with Crippen molar-refractivity contribution in [3.05, 3.63) is 70.6 Å². The fraction of sp³-hybridized carbons (Fsp3) is 0.182. The monoisotopic (exact) mass is 472 g/mol. The standard InChI is InChI=1S/C22H20N2O6S2/c23-32(27,28)16-7-5-14(6-8-16)9-10-24-20(25)13-30-22(26)19-11-15-12-29-18-4-2-1-3-17(18)21(15)31-19/h1-8,11H,9-10,12-13H2,(H,24,25)(H2,23,27,28). The van der Waals surface area contributed by atoms with Crippen molar-refractivity contribution in [2.45, 2.75) is 17.9 Å². The summed E-state index contributed by atoms with van der Waals surface area (Å²) in [6.07, 6.45) is 0.488. The summed E-state index contributed by atoms with van der Waals surface area (Å²) in [5, 5.41) is 7.73. The molecule has 3 aromatic rings. The summed E-state index contributed by atoms with van der Waals surface area (Å²) in [5.41, 5.74) is 2.69. The Labute approximate surface area is 189 Å². The van der Waals surface area contributed by atoms with Gasteiger partial charge in [0.25, 0.3) is 5.91 Å². The van der Waals surface area contributed by atoms with Crippen LogP contribution in [-0.4, -0.2) is 33.4 Å². The van der Waals surface area contributed by atoms with Crippen LogP contribution in [0.15, 0.2) is 59.5 Å². The average Bonchev–Trinajstić information content (AvgIpc) is 3.22. The lowest BCUT2D eigenvalue weighted by atomic mass is 10.1. The Hall–Kier alpha value is -3.21. The van der Waals surface area contributed by atoms with Gasteiger partial charge in [0.1, 0.15) is 17.2 Å². The highest BCUT2D eigenvalue weighted by Gasteiger charge is 2.23. The Balaban J connectivity index is 1.26. The lowest BCUT2D eigenvalue weighted by molar-refractivity contribution is -0.124. The molecule has 8 nitrogen and oxygen atoms in total. The van der Waals surface area contributed by atoms with E-state index in [0.717, 1.165) is 27.3 Å². The molecule has 0 saturated carbocycles. The molecule has 0 atom stereocenters. The number of hydrogen-bond donors (Lipinski definition) is 2. The zero-order chi connectivity index (χ0) is 22.7. The molecular weight excluding hydrogens is 452 g/mol. The number of primary sulfonamides is 1. The Morgan fingerprint density at radius 2 is 1.88 bits per heavy atom. The van der Waals surface area contributed by atoms with Crippen molar-refractivity contribution in [3.63, 3.8) is 0 Å². The molecule has 0 saturated heterocycles. The molecule has 0 unspecified atom stereocenters. The van der Waals surface area contributed by atoms with Crippen LogP contribution in [0, 0.1) is 0 Å². The largest absolute Gasteiger partial charge is 0.488 e. The van der Waals surface area contributed by atoms with Gasteiger partial charge in [0.05, 0.1) is 4.90 Å². The first-order valence-electron chi connectivity index (χ1n) is 9.72. The molecule has 3 N–H and O–H groups in total. The fourth-order valence-electron chi connectivity index (χ4n) is 3.25. The molecule has 1 amide bonds. The number of amides is 1. The molecule has 10 heteroatoms. The van der Waals surface area contributed by atoms with Gasteiger partial charge in [-0.3, -0.25) is 4.79 Å². The second-order valence-corrected chi connectivity index (χ2v) is 9.73. The van der Waals surface area contributed by atoms with Crippen molar-refractivity contribution < 1.29 is 27.5 Å². The Morgan fingerprint density at radius 3 is 2.62 bits per heavy atom. The molecule has 0 spiro atoms. The van der Waals surface area contributed by atoms with Gasteiger partial charge in [-0.1, -0.05) is 24.3 Å². The van der Waals surface area contributed by atoms with E-state index in [0.29, 0.717) is 24.4 Å². The predicted octanol–water partition coefficient (Wildman–Crippen LogP) is 2.47. The van der Waals surface area contributed by atoms with Crippen LogP contribution < -0.4 is 15.2 Å². The topological polar surface area (TPSA) is 125 Å². The van der Waals surface area contributed by atoms with Gasteiger partial charge in [-0.15, -0.1) is 11.3 Å². The van der Waals surface area contributed by atoms with E-state index in [1.165, 1.54) is 23.5 Å². The molecule has 1 aliphatic rings. The number of esters is 1. The van der Waals surface area contributed by atoms with Gasteiger partial charge >= 0.3 is 5.97 Å². The second-order valence-electron chi connectivity index (χ2n) is 7.11. The van der Waals surface area contributed by atoms with Gasteiger partial charge in [-0.2, -0.15) is 0 Å². The molecule has 32 heavy (non-hydrogen) atoms. The number of benzene rings is 2. The van der Waals surface area contributed by atoms with E-state index in [4.69, 9.17) is 14.6 Å². The maximum atomic E-state index is 12.4. The number of para-hydroxylation sites is 1. The SMILES string of the molecule is NS(=O)(=O)c1ccc(CCNC(=O)COC(=O)c2cc3c(s2)-c2ccccc2OC3)cc1. The van der Waals surface area contributed by atoms with E-state index >= 15 is 0 Å². The molecule has 1 aliphatic heterocycles. The van der Waals surface area contributed by atoms with Crippen LogP contribution in [0.3, 0.4) is 0 Å². The minimum atomic E-state index is -3.73. The van der Waals surface area contributed by atoms with Crippen LogP contribution >= 0.6 is 11.3 Å². The highest BCUT2D eigenvalue weighted by Crippen LogP contribution is 2.42. The number of hydrogen-bond acceptors (Lipinski definition) is 7. The summed E-state index contributed by atoms with van der Waals surface area (Å²) in [4.78, 5) is 25.8. The van der Waals surface area contributed by atoms with Crippen LogP contribution in [0.2, 0.25) is 0 Å². The zero-order valence-corrected chi connectivity index (χ0v) is 18.5. The van der Waals surface area contributed by atoms with Crippen LogP contribution in [0.1, 0.15) is 20.8 Å². The first kappa shape index (κ1) is 22.0. The van der Waals surface area contributed by atoms with Gasteiger partial charge < -0.3 is 14.8 Å². The summed E-state index contributed by atoms with van der Waals surface area (Å²) >= 11 is 1.32. The third kappa shape index (κ3) is 4.98. The van der Waals surface area contributed by atoms with Gasteiger partial charge in [-0.05, 0) is 42.3 Å². The van der Waals surface area contributed by atoms with Crippen LogP contribution in [0.4, 0.5) is 0 Å². The van der Waals surface area contributed by atoms with Crippen LogP contribution in [-0.2, 0) is 32.6 Å². The minimum Gasteiger partial charge on any atom is -0.488 e. The number of carbonyl (C=O) groups is 2. The van der Waals surface area contributed by atoms with Gasteiger partial charge in [0.15, 0.2) is 6.61 Å². The van der Waals surface area contributed by atoms with Gasteiger partial charge in [0.2, 0.25) is 10.0 Å². The number of nitrogens with one attached hydrogen (secondary N) is 1. The minimum absolute atomic E-state index is 0.0301. The summed E-state index contributed by atoms with van der Waals surface area (Å²) in [6.45, 7) is 0.306. The number of carbonyl (C=O) groups excluding carboxylic acids is 2. The molecule has 166 valence electrons. The fourth-order valence-corrected chi connectivity index (χ4v) is 4.85. The smallest absolute Gasteiger partial charge is 0.348 e. The normalized spacial score (nSPS) is 12.3. The van der Waals surface area contributed by atoms with E-state index in [1.807, 2.05) is 24.3 Å². The maximum Gasteiger partial charge on any atom is 0.348 e. The lowest BCUT2D eigenvalue weighted by Crippen LogP contribution is -2.30. The highest BCUT2D eigenvalue weighted by molar-refractivity contribution is 7.89.